The van der Waals surface area contributed by atoms with E-state index in [-0.39, 0.29) is 35.8 Å². The Bertz CT molecular complexity index is 806. The lowest BCUT2D eigenvalue weighted by Crippen LogP contribution is -2.60. The molecule has 0 heterocycles. The molecule has 0 fully saturated rings. The molecular formula is C20H18F12O2. The molecule has 0 aromatic heterocycles. The van der Waals surface area contributed by atoms with E-state index < -0.39 is 47.0 Å². The summed E-state index contributed by atoms with van der Waals surface area (Å²) in [4.78, 5) is 0. The van der Waals surface area contributed by atoms with E-state index >= 15 is 0 Å². The Balaban J connectivity index is 4.39. The van der Waals surface area contributed by atoms with Crippen molar-refractivity contribution < 1.29 is 62.2 Å². The molecule has 1 aromatic rings. The molecule has 0 amide bonds. The van der Waals surface area contributed by atoms with Crippen LogP contribution in [0.4, 0.5) is 52.7 Å². The van der Waals surface area contributed by atoms with E-state index in [1.165, 1.54) is 0 Å². The molecule has 0 saturated heterocycles. The first-order valence-electron chi connectivity index (χ1n) is 9.05. The fourth-order valence-electron chi connectivity index (χ4n) is 2.84. The van der Waals surface area contributed by atoms with Crippen molar-refractivity contribution >= 4 is 0 Å². The molecule has 1 aromatic carbocycles. The van der Waals surface area contributed by atoms with Gasteiger partial charge in [0, 0.05) is 11.1 Å². The molecule has 0 aliphatic heterocycles. The van der Waals surface area contributed by atoms with E-state index in [1.807, 2.05) is 0 Å². The maximum atomic E-state index is 14.0. The van der Waals surface area contributed by atoms with Crippen molar-refractivity contribution in [2.45, 2.75) is 63.6 Å². The van der Waals surface area contributed by atoms with E-state index in [0.29, 0.717) is 12.1 Å². The summed E-state index contributed by atoms with van der Waals surface area (Å²) in [6.45, 7) is 3.99. The average molecular weight is 518 g/mol. The van der Waals surface area contributed by atoms with E-state index in [1.54, 1.807) is 0 Å². The van der Waals surface area contributed by atoms with Crippen LogP contribution in [0.1, 0.15) is 38.8 Å². The highest BCUT2D eigenvalue weighted by Crippen LogP contribution is 2.60. The van der Waals surface area contributed by atoms with Crippen LogP contribution in [0.25, 0.3) is 0 Å². The van der Waals surface area contributed by atoms with E-state index in [4.69, 9.17) is 0 Å². The molecule has 0 atom stereocenters. The molecule has 0 aliphatic rings. The van der Waals surface area contributed by atoms with Gasteiger partial charge in [-0.05, 0) is 38.8 Å². The lowest BCUT2D eigenvalue weighted by atomic mass is 9.80. The molecule has 0 bridgehead atoms. The average Bonchev–Trinajstić information content (AvgIpc) is 2.58. The third-order valence-corrected chi connectivity index (χ3v) is 4.23. The first-order valence-corrected chi connectivity index (χ1v) is 9.05. The van der Waals surface area contributed by atoms with Crippen LogP contribution in [0.5, 0.6) is 0 Å². The summed E-state index contributed by atoms with van der Waals surface area (Å²) in [5, 5.41) is 0. The van der Waals surface area contributed by atoms with Crippen LogP contribution >= 0.6 is 0 Å². The number of alkyl halides is 12. The van der Waals surface area contributed by atoms with Crippen LogP contribution < -0.4 is 0 Å². The third kappa shape index (κ3) is 5.09. The smallest absolute Gasteiger partial charge is 0.442 e. The topological polar surface area (TPSA) is 18.5 Å². The summed E-state index contributed by atoms with van der Waals surface area (Å²) in [6.07, 6.45) is -26.4. The van der Waals surface area contributed by atoms with Crippen LogP contribution in [-0.4, -0.2) is 24.7 Å². The minimum atomic E-state index is -6.56. The molecule has 14 heteroatoms. The van der Waals surface area contributed by atoms with Gasteiger partial charge in [-0.15, -0.1) is 0 Å². The molecule has 0 aliphatic carbocycles. The van der Waals surface area contributed by atoms with E-state index in [2.05, 4.69) is 9.47 Å². The zero-order valence-electron chi connectivity index (χ0n) is 17.8. The summed E-state index contributed by atoms with van der Waals surface area (Å²) in [7, 11) is 0. The Labute approximate surface area is 185 Å². The van der Waals surface area contributed by atoms with Gasteiger partial charge in [-0.3, -0.25) is 0 Å². The lowest BCUT2D eigenvalue weighted by molar-refractivity contribution is -0.388. The molecule has 0 unspecified atom stereocenters. The fraction of sp³-hybridized carbons (Fsp3) is 0.500. The first kappa shape index (κ1) is 29.5. The lowest BCUT2D eigenvalue weighted by Gasteiger charge is -2.42. The molecule has 0 N–H and O–H groups in total. The van der Waals surface area contributed by atoms with Crippen molar-refractivity contribution in [3.05, 3.63) is 59.1 Å². The normalized spacial score (nSPS) is 13.9. The zero-order valence-corrected chi connectivity index (χ0v) is 17.8. The molecule has 2 nitrogen and oxygen atoms in total. The van der Waals surface area contributed by atoms with Gasteiger partial charge in [-0.25, -0.2) is 0 Å². The number of hydrogen-bond acceptors (Lipinski definition) is 2. The maximum absolute atomic E-state index is 14.0. The Hall–Kier alpha value is -2.54. The minimum absolute atomic E-state index is 0.0580. The Morgan fingerprint density at radius 2 is 0.765 bits per heavy atom. The fourth-order valence-corrected chi connectivity index (χ4v) is 2.84. The van der Waals surface area contributed by atoms with E-state index in [0.717, 1.165) is 27.7 Å². The van der Waals surface area contributed by atoms with Gasteiger partial charge in [0.15, 0.2) is 0 Å². The van der Waals surface area contributed by atoms with Crippen molar-refractivity contribution in [3.63, 3.8) is 0 Å². The highest BCUT2D eigenvalue weighted by molar-refractivity contribution is 5.42. The van der Waals surface area contributed by atoms with Gasteiger partial charge in [0.25, 0.3) is 0 Å². The minimum Gasteiger partial charge on any atom is -0.472 e. The molecule has 0 spiro atoms. The third-order valence-electron chi connectivity index (χ3n) is 4.23. The van der Waals surface area contributed by atoms with Gasteiger partial charge < -0.3 is 9.47 Å². The molecule has 0 saturated carbocycles. The van der Waals surface area contributed by atoms with Crippen LogP contribution in [0.3, 0.4) is 0 Å². The van der Waals surface area contributed by atoms with Crippen LogP contribution in [-0.2, 0) is 20.7 Å². The molecule has 0 radical (unpaired) electrons. The predicted octanol–water partition coefficient (Wildman–Crippen LogP) is 8.21. The Morgan fingerprint density at radius 3 is 0.941 bits per heavy atom. The number of ether oxygens (including phenoxy) is 2. The van der Waals surface area contributed by atoms with Crippen LogP contribution in [0.2, 0.25) is 0 Å². The summed E-state index contributed by atoms with van der Waals surface area (Å²) < 4.78 is 176. The van der Waals surface area contributed by atoms with Crippen molar-refractivity contribution in [1.82, 2.24) is 0 Å². The molecule has 1 rings (SSSR count). The van der Waals surface area contributed by atoms with Crippen molar-refractivity contribution in [1.29, 1.82) is 0 Å². The number of allylic oxidation sites excluding steroid dienone is 2. The standard InChI is InChI=1S/C20H18F12O2/c1-11(2)9-33-15(17(21,22)23,18(24,25)26)13-7-5-6-8-14(13)16(19(27,28)29,20(30,31)32)34-10-12(3)4/h5-10H,1-4H3. The molecular weight excluding hydrogens is 500 g/mol. The van der Waals surface area contributed by atoms with Crippen molar-refractivity contribution in [2.75, 3.05) is 0 Å². The van der Waals surface area contributed by atoms with Gasteiger partial charge in [0.1, 0.15) is 0 Å². The largest absolute Gasteiger partial charge is 0.472 e. The second kappa shape index (κ2) is 9.25. The molecule has 34 heavy (non-hydrogen) atoms. The van der Waals surface area contributed by atoms with Crippen LogP contribution in [0.15, 0.2) is 47.9 Å². The Morgan fingerprint density at radius 1 is 0.529 bits per heavy atom. The van der Waals surface area contributed by atoms with Crippen LogP contribution in [0, 0.1) is 0 Å². The van der Waals surface area contributed by atoms with Crippen molar-refractivity contribution in [2.24, 2.45) is 0 Å². The van der Waals surface area contributed by atoms with Gasteiger partial charge in [0.05, 0.1) is 12.5 Å². The summed E-state index contributed by atoms with van der Waals surface area (Å²) in [6, 6.07) is 0.477. The van der Waals surface area contributed by atoms with Gasteiger partial charge in [0.2, 0.25) is 0 Å². The number of benzene rings is 1. The maximum Gasteiger partial charge on any atom is 0.442 e. The summed E-state index contributed by atoms with van der Waals surface area (Å²) in [5.74, 6) is 0. The SMILES string of the molecule is CC(C)=COC(c1ccccc1C(OC=C(C)C)(C(F)(F)F)C(F)(F)F)(C(F)(F)F)C(F)(F)F. The Kier molecular flexibility index (Phi) is 8.02. The second-order valence-corrected chi connectivity index (χ2v) is 7.53. The van der Waals surface area contributed by atoms with Gasteiger partial charge in [-0.2, -0.15) is 52.7 Å². The highest BCUT2D eigenvalue weighted by Gasteiger charge is 2.80. The second-order valence-electron chi connectivity index (χ2n) is 7.53. The van der Waals surface area contributed by atoms with Crippen molar-refractivity contribution in [3.8, 4) is 0 Å². The summed E-state index contributed by atoms with van der Waals surface area (Å²) in [5.41, 5.74) is -16.8. The quantitative estimate of drug-likeness (QED) is 0.279. The summed E-state index contributed by atoms with van der Waals surface area (Å²) >= 11 is 0. The number of halogens is 12. The van der Waals surface area contributed by atoms with Gasteiger partial charge >= 0.3 is 35.9 Å². The predicted molar refractivity (Wildman–Crippen MR) is 95.1 cm³/mol. The van der Waals surface area contributed by atoms with E-state index in [9.17, 15) is 52.7 Å². The monoisotopic (exact) mass is 518 g/mol. The number of hydrogen-bond donors (Lipinski definition) is 0. The zero-order chi connectivity index (χ0) is 27.0. The highest BCUT2D eigenvalue weighted by atomic mass is 19.4. The van der Waals surface area contributed by atoms with Gasteiger partial charge in [-0.1, -0.05) is 24.3 Å². The first-order chi connectivity index (χ1) is 15.1. The molecule has 194 valence electrons. The number of rotatable bonds is 6.